The number of alkyl halides is 2. The Morgan fingerprint density at radius 2 is 2.15 bits per heavy atom. The molecule has 1 atom stereocenters. The number of ether oxygens (including phenoxy) is 1. The van der Waals surface area contributed by atoms with E-state index in [-0.39, 0.29) is 12.5 Å². The third kappa shape index (κ3) is 3.33. The van der Waals surface area contributed by atoms with E-state index in [1.54, 1.807) is 30.3 Å². The topological polar surface area (TPSA) is 41.6 Å². The van der Waals surface area contributed by atoms with Crippen molar-refractivity contribution in [2.24, 2.45) is 0 Å². The van der Waals surface area contributed by atoms with Crippen LogP contribution in [0.2, 0.25) is 0 Å². The van der Waals surface area contributed by atoms with Gasteiger partial charge in [0.05, 0.1) is 13.1 Å². The zero-order valence-electron chi connectivity index (χ0n) is 10.9. The molecule has 4 nitrogen and oxygen atoms in total. The monoisotopic (exact) mass is 282 g/mol. The minimum atomic E-state index is -2.54. The first-order valence-electron chi connectivity index (χ1n) is 6.26. The predicted octanol–water partition coefficient (Wildman–Crippen LogP) is 1.95. The maximum Gasteiger partial charge on any atom is 0.255 e. The summed E-state index contributed by atoms with van der Waals surface area (Å²) in [5.41, 5.74) is 0.752. The molecule has 1 amide bonds. The molecule has 1 fully saturated rings. The van der Waals surface area contributed by atoms with Crippen molar-refractivity contribution < 1.29 is 18.3 Å². The number of hydrogen-bond donors (Lipinski definition) is 1. The van der Waals surface area contributed by atoms with E-state index in [1.165, 1.54) is 0 Å². The van der Waals surface area contributed by atoms with Gasteiger partial charge in [-0.15, -0.1) is 0 Å². The molecule has 1 aromatic carbocycles. The summed E-state index contributed by atoms with van der Waals surface area (Å²) < 4.78 is 30.3. The Labute approximate surface area is 116 Å². The minimum absolute atomic E-state index is 0.0755. The molecule has 1 N–H and O–H groups in total. The van der Waals surface area contributed by atoms with Gasteiger partial charge in [-0.05, 0) is 17.7 Å². The van der Waals surface area contributed by atoms with Crippen molar-refractivity contribution in [3.05, 3.63) is 42.5 Å². The van der Waals surface area contributed by atoms with Crippen LogP contribution in [0.15, 0.2) is 36.9 Å². The molecule has 1 aliphatic heterocycles. The van der Waals surface area contributed by atoms with E-state index in [1.807, 2.05) is 0 Å². The van der Waals surface area contributed by atoms with Crippen LogP contribution in [0.5, 0.6) is 5.75 Å². The first-order chi connectivity index (χ1) is 9.61. The second-order valence-electron chi connectivity index (χ2n) is 4.39. The van der Waals surface area contributed by atoms with Crippen molar-refractivity contribution in [1.29, 1.82) is 0 Å². The average Bonchev–Trinajstić information content (AvgIpc) is 2.78. The molecule has 1 aliphatic rings. The Bertz CT molecular complexity index is 477. The highest BCUT2D eigenvalue weighted by Crippen LogP contribution is 2.25. The van der Waals surface area contributed by atoms with E-state index < -0.39 is 19.1 Å². The summed E-state index contributed by atoms with van der Waals surface area (Å²) in [6.07, 6.45) is -1.42. The smallest absolute Gasteiger partial charge is 0.255 e. The third-order valence-corrected chi connectivity index (χ3v) is 2.98. The average molecular weight is 282 g/mol. The molecule has 20 heavy (non-hydrogen) atoms. The van der Waals surface area contributed by atoms with Crippen LogP contribution in [0.25, 0.3) is 0 Å². The molecule has 0 aromatic heterocycles. The van der Waals surface area contributed by atoms with E-state index >= 15 is 0 Å². The first kappa shape index (κ1) is 14.5. The van der Waals surface area contributed by atoms with Crippen LogP contribution in [-0.4, -0.2) is 36.9 Å². The van der Waals surface area contributed by atoms with Gasteiger partial charge in [-0.2, -0.15) is 0 Å². The van der Waals surface area contributed by atoms with Crippen molar-refractivity contribution in [2.45, 2.75) is 12.6 Å². The zero-order valence-corrected chi connectivity index (χ0v) is 10.9. The Balaban J connectivity index is 2.09. The molecule has 6 heteroatoms. The van der Waals surface area contributed by atoms with Gasteiger partial charge in [-0.3, -0.25) is 10.1 Å². The molecule has 1 heterocycles. The lowest BCUT2D eigenvalue weighted by Crippen LogP contribution is -2.34. The lowest BCUT2D eigenvalue weighted by Gasteiger charge is -2.24. The highest BCUT2D eigenvalue weighted by molar-refractivity contribution is 5.81. The zero-order chi connectivity index (χ0) is 14.5. The standard InChI is InChI=1S/C14H16F2N2O2/c1-2-7-20-11-5-3-10(4-6-11)14-17-8-13(19)18(14)9-12(15)16/h2-6,12,14,17H,1,7-9H2. The lowest BCUT2D eigenvalue weighted by molar-refractivity contribution is -0.130. The van der Waals surface area contributed by atoms with Crippen molar-refractivity contribution >= 4 is 5.91 Å². The Hall–Kier alpha value is -1.95. The molecule has 1 saturated heterocycles. The van der Waals surface area contributed by atoms with E-state index in [4.69, 9.17) is 4.74 Å². The van der Waals surface area contributed by atoms with Gasteiger partial charge in [0.25, 0.3) is 6.43 Å². The van der Waals surface area contributed by atoms with Crippen LogP contribution in [0.4, 0.5) is 8.78 Å². The van der Waals surface area contributed by atoms with Gasteiger partial charge >= 0.3 is 0 Å². The van der Waals surface area contributed by atoms with Gasteiger partial charge in [0.15, 0.2) is 0 Å². The van der Waals surface area contributed by atoms with Gasteiger partial charge in [-0.1, -0.05) is 24.8 Å². The molecular formula is C14H16F2N2O2. The number of rotatable bonds is 6. The van der Waals surface area contributed by atoms with Gasteiger partial charge < -0.3 is 9.64 Å². The highest BCUT2D eigenvalue weighted by atomic mass is 19.3. The molecular weight excluding hydrogens is 266 g/mol. The fraction of sp³-hybridized carbons (Fsp3) is 0.357. The van der Waals surface area contributed by atoms with Gasteiger partial charge in [0, 0.05) is 0 Å². The molecule has 1 unspecified atom stereocenters. The van der Waals surface area contributed by atoms with Crippen molar-refractivity contribution in [3.63, 3.8) is 0 Å². The molecule has 0 saturated carbocycles. The Morgan fingerprint density at radius 1 is 1.45 bits per heavy atom. The predicted molar refractivity (Wildman–Crippen MR) is 70.6 cm³/mol. The van der Waals surface area contributed by atoms with Crippen molar-refractivity contribution in [3.8, 4) is 5.75 Å². The maximum atomic E-state index is 12.5. The Kier molecular flexibility index (Phi) is 4.68. The second kappa shape index (κ2) is 6.47. The number of amides is 1. The SMILES string of the molecule is C=CCOc1ccc(C2NCC(=O)N2CC(F)F)cc1. The molecule has 0 radical (unpaired) electrons. The van der Waals surface area contributed by atoms with E-state index in [0.29, 0.717) is 12.4 Å². The Morgan fingerprint density at radius 3 is 2.75 bits per heavy atom. The van der Waals surface area contributed by atoms with E-state index in [2.05, 4.69) is 11.9 Å². The molecule has 0 aliphatic carbocycles. The molecule has 2 rings (SSSR count). The van der Waals surface area contributed by atoms with Crippen LogP contribution in [0.1, 0.15) is 11.7 Å². The van der Waals surface area contributed by atoms with Crippen molar-refractivity contribution in [2.75, 3.05) is 19.7 Å². The largest absolute Gasteiger partial charge is 0.490 e. The quantitative estimate of drug-likeness (QED) is 0.811. The summed E-state index contributed by atoms with van der Waals surface area (Å²) in [6.45, 7) is 3.46. The highest BCUT2D eigenvalue weighted by Gasteiger charge is 2.33. The number of hydrogen-bond acceptors (Lipinski definition) is 3. The van der Waals surface area contributed by atoms with E-state index in [9.17, 15) is 13.6 Å². The fourth-order valence-corrected chi connectivity index (χ4v) is 2.09. The number of carbonyl (C=O) groups excluding carboxylic acids is 1. The number of carbonyl (C=O) groups is 1. The van der Waals surface area contributed by atoms with Crippen LogP contribution in [0.3, 0.4) is 0 Å². The molecule has 1 aromatic rings. The normalized spacial score (nSPS) is 18.6. The lowest BCUT2D eigenvalue weighted by atomic mass is 10.1. The second-order valence-corrected chi connectivity index (χ2v) is 4.39. The van der Waals surface area contributed by atoms with Gasteiger partial charge in [-0.25, -0.2) is 8.78 Å². The van der Waals surface area contributed by atoms with Gasteiger partial charge in [0.1, 0.15) is 18.5 Å². The summed E-state index contributed by atoms with van der Waals surface area (Å²) in [4.78, 5) is 12.8. The number of nitrogens with one attached hydrogen (secondary N) is 1. The number of benzene rings is 1. The summed E-state index contributed by atoms with van der Waals surface area (Å²) in [5, 5.41) is 2.93. The first-order valence-corrected chi connectivity index (χ1v) is 6.26. The van der Waals surface area contributed by atoms with Crippen molar-refractivity contribution in [1.82, 2.24) is 10.2 Å². The number of halogens is 2. The summed E-state index contributed by atoms with van der Waals surface area (Å²) in [6, 6.07) is 6.99. The molecule has 0 spiro atoms. The number of nitrogens with zero attached hydrogens (tertiary/aromatic N) is 1. The van der Waals surface area contributed by atoms with Crippen LogP contribution >= 0.6 is 0 Å². The summed E-state index contributed by atoms with van der Waals surface area (Å²) in [5.74, 6) is 0.348. The summed E-state index contributed by atoms with van der Waals surface area (Å²) >= 11 is 0. The van der Waals surface area contributed by atoms with Gasteiger partial charge in [0.2, 0.25) is 5.91 Å². The minimum Gasteiger partial charge on any atom is -0.490 e. The maximum absolute atomic E-state index is 12.5. The summed E-state index contributed by atoms with van der Waals surface area (Å²) in [7, 11) is 0. The fourth-order valence-electron chi connectivity index (χ4n) is 2.09. The third-order valence-electron chi connectivity index (χ3n) is 2.98. The van der Waals surface area contributed by atoms with Crippen LogP contribution < -0.4 is 10.1 Å². The molecule has 0 bridgehead atoms. The van der Waals surface area contributed by atoms with Crippen LogP contribution in [-0.2, 0) is 4.79 Å². The molecule has 108 valence electrons. The van der Waals surface area contributed by atoms with E-state index in [0.717, 1.165) is 10.5 Å². The van der Waals surface area contributed by atoms with Crippen LogP contribution in [0, 0.1) is 0 Å².